The van der Waals surface area contributed by atoms with Gasteiger partial charge >= 0.3 is 5.97 Å². The number of benzene rings is 3. The number of carbonyl (C=O) groups is 2. The number of nitrogens with zero attached hydrogens (tertiary/aromatic N) is 1. The van der Waals surface area contributed by atoms with E-state index in [9.17, 15) is 14.0 Å². The second-order valence-electron chi connectivity index (χ2n) is 7.87. The summed E-state index contributed by atoms with van der Waals surface area (Å²) < 4.78 is 19.5. The Morgan fingerprint density at radius 1 is 1.03 bits per heavy atom. The Morgan fingerprint density at radius 3 is 2.40 bits per heavy atom. The number of halogens is 3. The molecule has 2 N–H and O–H groups in total. The van der Waals surface area contributed by atoms with Crippen LogP contribution in [-0.4, -0.2) is 30.1 Å². The second kappa shape index (κ2) is 12.4. The summed E-state index contributed by atoms with van der Waals surface area (Å²) in [6.07, 6.45) is 0.641. The summed E-state index contributed by atoms with van der Waals surface area (Å²) in [5.74, 6) is -1.84. The smallest absolute Gasteiger partial charge is 0.341 e. The zero-order valence-corrected chi connectivity index (χ0v) is 20.6. The third-order valence-electron chi connectivity index (χ3n) is 5.09. The zero-order chi connectivity index (χ0) is 25.4. The number of amides is 1. The summed E-state index contributed by atoms with van der Waals surface area (Å²) in [5, 5.41) is 12.7. The Labute approximate surface area is 213 Å². The lowest BCUT2D eigenvalue weighted by Gasteiger charge is -2.27. The van der Waals surface area contributed by atoms with Crippen LogP contribution in [0.15, 0.2) is 60.7 Å². The van der Waals surface area contributed by atoms with Crippen molar-refractivity contribution in [3.63, 3.8) is 0 Å². The van der Waals surface area contributed by atoms with Crippen LogP contribution >= 0.6 is 23.2 Å². The summed E-state index contributed by atoms with van der Waals surface area (Å²) in [4.78, 5) is 25.9. The SMILES string of the molecule is CCCN(Cc1ccc(Cl)cc1)c1ccc(OCC(=O)O)cc1NC(=O)Cc1ccc(Cl)cc1F. The van der Waals surface area contributed by atoms with Crippen LogP contribution in [0, 0.1) is 5.82 Å². The first-order valence-corrected chi connectivity index (χ1v) is 11.7. The summed E-state index contributed by atoms with van der Waals surface area (Å²) in [5.41, 5.74) is 2.37. The Bertz CT molecular complexity index is 1190. The second-order valence-corrected chi connectivity index (χ2v) is 8.74. The molecule has 0 bridgehead atoms. The maximum absolute atomic E-state index is 14.2. The van der Waals surface area contributed by atoms with Crippen LogP contribution in [0.4, 0.5) is 15.8 Å². The summed E-state index contributed by atoms with van der Waals surface area (Å²) in [6.45, 7) is 2.76. The average molecular weight is 519 g/mol. The molecule has 0 aliphatic heterocycles. The van der Waals surface area contributed by atoms with E-state index in [-0.39, 0.29) is 22.8 Å². The summed E-state index contributed by atoms with van der Waals surface area (Å²) in [7, 11) is 0. The Morgan fingerprint density at radius 2 is 1.74 bits per heavy atom. The highest BCUT2D eigenvalue weighted by Crippen LogP contribution is 2.32. The lowest BCUT2D eigenvalue weighted by atomic mass is 10.1. The van der Waals surface area contributed by atoms with Gasteiger partial charge in [-0.3, -0.25) is 4.79 Å². The van der Waals surface area contributed by atoms with Gasteiger partial charge in [-0.05, 0) is 53.9 Å². The lowest BCUT2D eigenvalue weighted by molar-refractivity contribution is -0.139. The highest BCUT2D eigenvalue weighted by molar-refractivity contribution is 6.30. The van der Waals surface area contributed by atoms with Gasteiger partial charge in [0.2, 0.25) is 5.91 Å². The molecule has 3 aromatic carbocycles. The molecule has 1 amide bonds. The van der Waals surface area contributed by atoms with Crippen molar-refractivity contribution in [2.75, 3.05) is 23.4 Å². The van der Waals surface area contributed by atoms with Gasteiger partial charge in [0.15, 0.2) is 6.61 Å². The molecule has 0 aromatic heterocycles. The number of carbonyl (C=O) groups excluding carboxylic acids is 1. The Kier molecular flexibility index (Phi) is 9.34. The number of anilines is 2. The highest BCUT2D eigenvalue weighted by Gasteiger charge is 2.17. The van der Waals surface area contributed by atoms with E-state index in [1.807, 2.05) is 31.2 Å². The minimum atomic E-state index is -1.12. The number of carboxylic acids is 1. The van der Waals surface area contributed by atoms with Crippen molar-refractivity contribution in [2.24, 2.45) is 0 Å². The van der Waals surface area contributed by atoms with Crippen molar-refractivity contribution in [2.45, 2.75) is 26.3 Å². The minimum absolute atomic E-state index is 0.201. The zero-order valence-electron chi connectivity index (χ0n) is 19.1. The first-order chi connectivity index (χ1) is 16.7. The molecule has 0 saturated carbocycles. The molecular weight excluding hydrogens is 494 g/mol. The topological polar surface area (TPSA) is 78.9 Å². The molecule has 0 heterocycles. The van der Waals surface area contributed by atoms with Gasteiger partial charge < -0.3 is 20.1 Å². The lowest BCUT2D eigenvalue weighted by Crippen LogP contribution is -2.26. The molecule has 0 aliphatic rings. The molecule has 6 nitrogen and oxygen atoms in total. The van der Waals surface area contributed by atoms with Gasteiger partial charge in [-0.2, -0.15) is 0 Å². The average Bonchev–Trinajstić information content (AvgIpc) is 2.81. The Balaban J connectivity index is 1.90. The molecule has 0 saturated heterocycles. The fourth-order valence-corrected chi connectivity index (χ4v) is 3.81. The van der Waals surface area contributed by atoms with Crippen molar-refractivity contribution >= 4 is 46.5 Å². The van der Waals surface area contributed by atoms with Gasteiger partial charge in [0.05, 0.1) is 17.8 Å². The van der Waals surface area contributed by atoms with E-state index < -0.39 is 24.3 Å². The van der Waals surface area contributed by atoms with Crippen LogP contribution in [0.2, 0.25) is 10.0 Å². The third-order valence-corrected chi connectivity index (χ3v) is 5.58. The summed E-state index contributed by atoms with van der Waals surface area (Å²) in [6, 6.07) is 16.6. The maximum atomic E-state index is 14.2. The number of ether oxygens (including phenoxy) is 1. The van der Waals surface area contributed by atoms with E-state index >= 15 is 0 Å². The van der Waals surface area contributed by atoms with Gasteiger partial charge in [0, 0.05) is 29.2 Å². The van der Waals surface area contributed by atoms with E-state index in [0.717, 1.165) is 23.7 Å². The third kappa shape index (κ3) is 7.87. The molecule has 0 aliphatic carbocycles. The van der Waals surface area contributed by atoms with Crippen molar-refractivity contribution in [1.29, 1.82) is 0 Å². The maximum Gasteiger partial charge on any atom is 0.341 e. The summed E-state index contributed by atoms with van der Waals surface area (Å²) >= 11 is 11.8. The molecule has 0 fully saturated rings. The van der Waals surface area contributed by atoms with Crippen LogP contribution in [0.25, 0.3) is 0 Å². The van der Waals surface area contributed by atoms with E-state index in [2.05, 4.69) is 10.2 Å². The number of carboxylic acid groups (broad SMARTS) is 1. The van der Waals surface area contributed by atoms with Crippen LogP contribution in [-0.2, 0) is 22.6 Å². The standard InChI is InChI=1S/C26H25Cl2FN2O4/c1-2-11-31(15-17-3-6-19(27)7-4-17)24-10-9-21(35-16-26(33)34)14-23(24)30-25(32)12-18-5-8-20(28)13-22(18)29/h3-10,13-14H,2,11-12,15-16H2,1H3,(H,30,32)(H,33,34). The number of rotatable bonds is 11. The molecular formula is C26H25Cl2FN2O4. The predicted molar refractivity (Wildman–Crippen MR) is 136 cm³/mol. The fourth-order valence-electron chi connectivity index (χ4n) is 3.52. The van der Waals surface area contributed by atoms with Gasteiger partial charge in [-0.25, -0.2) is 9.18 Å². The van der Waals surface area contributed by atoms with Crippen LogP contribution < -0.4 is 15.0 Å². The number of hydrogen-bond donors (Lipinski definition) is 2. The van der Waals surface area contributed by atoms with E-state index in [4.69, 9.17) is 33.0 Å². The molecule has 0 spiro atoms. The van der Waals surface area contributed by atoms with Crippen molar-refractivity contribution < 1.29 is 23.8 Å². The van der Waals surface area contributed by atoms with Gasteiger partial charge in [-0.1, -0.05) is 48.3 Å². The van der Waals surface area contributed by atoms with E-state index in [1.54, 1.807) is 18.2 Å². The molecule has 0 radical (unpaired) electrons. The number of aliphatic carboxylic acids is 1. The molecule has 3 rings (SSSR count). The normalized spacial score (nSPS) is 10.6. The minimum Gasteiger partial charge on any atom is -0.482 e. The van der Waals surface area contributed by atoms with Crippen LogP contribution in [0.3, 0.4) is 0 Å². The van der Waals surface area contributed by atoms with Crippen LogP contribution in [0.5, 0.6) is 5.75 Å². The van der Waals surface area contributed by atoms with Crippen molar-refractivity contribution in [3.8, 4) is 5.75 Å². The van der Waals surface area contributed by atoms with Crippen molar-refractivity contribution in [1.82, 2.24) is 0 Å². The quantitative estimate of drug-likeness (QED) is 0.316. The van der Waals surface area contributed by atoms with Gasteiger partial charge in [0.25, 0.3) is 0 Å². The first kappa shape index (κ1) is 26.3. The van der Waals surface area contributed by atoms with Crippen LogP contribution in [0.1, 0.15) is 24.5 Å². The predicted octanol–water partition coefficient (Wildman–Crippen LogP) is 6.19. The van der Waals surface area contributed by atoms with E-state index in [0.29, 0.717) is 23.8 Å². The monoisotopic (exact) mass is 518 g/mol. The van der Waals surface area contributed by atoms with Crippen molar-refractivity contribution in [3.05, 3.63) is 87.7 Å². The molecule has 0 unspecified atom stereocenters. The van der Waals surface area contributed by atoms with E-state index in [1.165, 1.54) is 12.1 Å². The fraction of sp³-hybridized carbons (Fsp3) is 0.231. The molecule has 3 aromatic rings. The molecule has 184 valence electrons. The molecule has 9 heteroatoms. The van der Waals surface area contributed by atoms with Gasteiger partial charge in [0.1, 0.15) is 11.6 Å². The van der Waals surface area contributed by atoms with Gasteiger partial charge in [-0.15, -0.1) is 0 Å². The molecule has 35 heavy (non-hydrogen) atoms. The highest BCUT2D eigenvalue weighted by atomic mass is 35.5. The number of hydrogen-bond acceptors (Lipinski definition) is 4. The number of nitrogens with one attached hydrogen (secondary N) is 1. The molecule has 0 atom stereocenters. The Hall–Kier alpha value is -3.29. The first-order valence-electron chi connectivity index (χ1n) is 11.0. The largest absolute Gasteiger partial charge is 0.482 e.